The minimum Gasteiger partial charge on any atom is -0.351 e. The number of amides is 1. The van der Waals surface area contributed by atoms with Gasteiger partial charge in [0.05, 0.1) is 16.7 Å². The third-order valence-corrected chi connectivity index (χ3v) is 6.61. The number of carbonyl (C=O) groups is 1. The summed E-state index contributed by atoms with van der Waals surface area (Å²) in [5, 5.41) is 4.83. The summed E-state index contributed by atoms with van der Waals surface area (Å²) in [7, 11) is 0. The van der Waals surface area contributed by atoms with Crippen LogP contribution in [0.25, 0.3) is 10.9 Å². The lowest BCUT2D eigenvalue weighted by atomic mass is 9.95. The average Bonchev–Trinajstić information content (AvgIpc) is 2.77. The van der Waals surface area contributed by atoms with E-state index in [4.69, 9.17) is 16.6 Å². The largest absolute Gasteiger partial charge is 0.351 e. The van der Waals surface area contributed by atoms with Gasteiger partial charge >= 0.3 is 0 Å². The van der Waals surface area contributed by atoms with Gasteiger partial charge in [0.1, 0.15) is 0 Å². The second-order valence-corrected chi connectivity index (χ2v) is 8.95. The van der Waals surface area contributed by atoms with Crippen molar-refractivity contribution in [3.05, 3.63) is 69.5 Å². The van der Waals surface area contributed by atoms with Gasteiger partial charge in [0.25, 0.3) is 5.56 Å². The molecular formula is C23H24ClN3O2S. The number of thioether (sulfide) groups is 1. The normalized spacial score (nSPS) is 14.7. The van der Waals surface area contributed by atoms with Crippen molar-refractivity contribution in [2.75, 3.05) is 5.75 Å². The molecule has 3 aromatic rings. The fraction of sp³-hybridized carbons (Fsp3) is 0.348. The number of halogens is 1. The Morgan fingerprint density at radius 1 is 1.13 bits per heavy atom. The summed E-state index contributed by atoms with van der Waals surface area (Å²) in [5.41, 5.74) is 1.62. The highest BCUT2D eigenvalue weighted by molar-refractivity contribution is 7.99. The molecule has 1 aliphatic rings. The lowest BCUT2D eigenvalue weighted by Gasteiger charge is -2.26. The molecule has 156 valence electrons. The van der Waals surface area contributed by atoms with E-state index in [9.17, 15) is 9.59 Å². The van der Waals surface area contributed by atoms with E-state index in [1.54, 1.807) is 6.07 Å². The highest BCUT2D eigenvalue weighted by Crippen LogP contribution is 2.31. The van der Waals surface area contributed by atoms with Crippen molar-refractivity contribution in [3.63, 3.8) is 0 Å². The van der Waals surface area contributed by atoms with Gasteiger partial charge in [-0.3, -0.25) is 14.2 Å². The van der Waals surface area contributed by atoms with Crippen LogP contribution in [0.2, 0.25) is 5.02 Å². The molecule has 1 aromatic heterocycles. The fourth-order valence-corrected chi connectivity index (χ4v) is 5.03. The molecule has 0 unspecified atom stereocenters. The summed E-state index contributed by atoms with van der Waals surface area (Å²) < 4.78 is 1.83. The van der Waals surface area contributed by atoms with Gasteiger partial charge in [-0.05, 0) is 42.7 Å². The first-order valence-electron chi connectivity index (χ1n) is 10.3. The van der Waals surface area contributed by atoms with Crippen molar-refractivity contribution >= 4 is 40.2 Å². The molecule has 0 saturated heterocycles. The Morgan fingerprint density at radius 2 is 1.93 bits per heavy atom. The number of hydrogen-bond acceptors (Lipinski definition) is 4. The van der Waals surface area contributed by atoms with E-state index in [0.29, 0.717) is 27.6 Å². The molecule has 1 saturated carbocycles. The zero-order chi connectivity index (χ0) is 20.9. The van der Waals surface area contributed by atoms with Crippen LogP contribution in [-0.2, 0) is 11.3 Å². The predicted molar refractivity (Wildman–Crippen MR) is 122 cm³/mol. The van der Waals surface area contributed by atoms with Crippen LogP contribution in [0.4, 0.5) is 0 Å². The van der Waals surface area contributed by atoms with Crippen LogP contribution in [0.1, 0.15) is 43.7 Å². The quantitative estimate of drug-likeness (QED) is 0.433. The van der Waals surface area contributed by atoms with E-state index in [2.05, 4.69) is 5.32 Å². The van der Waals surface area contributed by atoms with Gasteiger partial charge in [-0.15, -0.1) is 0 Å². The molecule has 30 heavy (non-hydrogen) atoms. The van der Waals surface area contributed by atoms with Gasteiger partial charge in [-0.25, -0.2) is 4.98 Å². The first kappa shape index (κ1) is 20.9. The van der Waals surface area contributed by atoms with Crippen LogP contribution >= 0.6 is 23.4 Å². The second kappa shape index (κ2) is 9.67. The first-order valence-corrected chi connectivity index (χ1v) is 11.6. The Morgan fingerprint density at radius 3 is 2.73 bits per heavy atom. The first-order chi connectivity index (χ1) is 14.6. The van der Waals surface area contributed by atoms with Crippen molar-refractivity contribution in [3.8, 4) is 0 Å². The molecule has 2 aromatic carbocycles. The number of carbonyl (C=O) groups excluding carboxylic acids is 1. The van der Waals surface area contributed by atoms with E-state index < -0.39 is 0 Å². The van der Waals surface area contributed by atoms with E-state index in [-0.39, 0.29) is 23.3 Å². The van der Waals surface area contributed by atoms with Crippen LogP contribution in [0.3, 0.4) is 0 Å². The minimum atomic E-state index is -0.0995. The SMILES string of the molecule is O=C(CSc1nc2ccccc2c(=O)n1C1CCCCC1)NCc1cccc(Cl)c1. The van der Waals surface area contributed by atoms with Gasteiger partial charge in [0.15, 0.2) is 5.16 Å². The van der Waals surface area contributed by atoms with Crippen molar-refractivity contribution in [1.82, 2.24) is 14.9 Å². The lowest BCUT2D eigenvalue weighted by molar-refractivity contribution is -0.118. The number of nitrogens with one attached hydrogen (secondary N) is 1. The van der Waals surface area contributed by atoms with Gasteiger partial charge < -0.3 is 5.32 Å². The van der Waals surface area contributed by atoms with Gasteiger partial charge in [0.2, 0.25) is 5.91 Å². The molecule has 0 atom stereocenters. The summed E-state index contributed by atoms with van der Waals surface area (Å²) in [6.07, 6.45) is 5.41. The van der Waals surface area contributed by atoms with E-state index in [0.717, 1.165) is 31.2 Å². The third-order valence-electron chi connectivity index (χ3n) is 5.43. The van der Waals surface area contributed by atoms with Gasteiger partial charge in [0, 0.05) is 17.6 Å². The van der Waals surface area contributed by atoms with E-state index in [1.165, 1.54) is 18.2 Å². The van der Waals surface area contributed by atoms with E-state index >= 15 is 0 Å². The van der Waals surface area contributed by atoms with Crippen molar-refractivity contribution in [2.24, 2.45) is 0 Å². The summed E-state index contributed by atoms with van der Waals surface area (Å²) >= 11 is 7.33. The Labute approximate surface area is 184 Å². The van der Waals surface area contributed by atoms with Crippen molar-refractivity contribution in [1.29, 1.82) is 0 Å². The maximum absolute atomic E-state index is 13.2. The van der Waals surface area contributed by atoms with E-state index in [1.807, 2.05) is 47.0 Å². The second-order valence-electron chi connectivity index (χ2n) is 7.57. The Bertz CT molecular complexity index is 1110. The number of fused-ring (bicyclic) bond motifs is 1. The molecule has 1 fully saturated rings. The Hall–Kier alpha value is -2.31. The molecule has 5 nitrogen and oxygen atoms in total. The van der Waals surface area contributed by atoms with Crippen LogP contribution in [0, 0.1) is 0 Å². The van der Waals surface area contributed by atoms with Gasteiger partial charge in [-0.2, -0.15) is 0 Å². The van der Waals surface area contributed by atoms with Crippen molar-refractivity contribution in [2.45, 2.75) is 49.8 Å². The number of hydrogen-bond donors (Lipinski definition) is 1. The summed E-state index contributed by atoms with van der Waals surface area (Å²) in [5.74, 6) is 0.107. The number of rotatable bonds is 6. The van der Waals surface area contributed by atoms with Crippen LogP contribution < -0.4 is 10.9 Å². The van der Waals surface area contributed by atoms with Crippen molar-refractivity contribution < 1.29 is 4.79 Å². The predicted octanol–water partition coefficient (Wildman–Crippen LogP) is 4.96. The zero-order valence-electron chi connectivity index (χ0n) is 16.6. The number of aromatic nitrogens is 2. The topological polar surface area (TPSA) is 64.0 Å². The molecule has 0 radical (unpaired) electrons. The third kappa shape index (κ3) is 4.87. The smallest absolute Gasteiger partial charge is 0.262 e. The minimum absolute atomic E-state index is 0.00524. The lowest BCUT2D eigenvalue weighted by Crippen LogP contribution is -2.30. The highest BCUT2D eigenvalue weighted by Gasteiger charge is 2.22. The molecule has 1 amide bonds. The maximum Gasteiger partial charge on any atom is 0.262 e. The summed E-state index contributed by atoms with van der Waals surface area (Å²) in [6.45, 7) is 0.417. The summed E-state index contributed by atoms with van der Waals surface area (Å²) in [4.78, 5) is 30.4. The molecule has 1 N–H and O–H groups in total. The number of benzene rings is 2. The summed E-state index contributed by atoms with van der Waals surface area (Å²) in [6, 6.07) is 15.0. The van der Waals surface area contributed by atoms with Crippen LogP contribution in [0.15, 0.2) is 58.5 Å². The molecule has 1 aliphatic carbocycles. The van der Waals surface area contributed by atoms with Gasteiger partial charge in [-0.1, -0.05) is 66.9 Å². The molecule has 0 aliphatic heterocycles. The number of para-hydroxylation sites is 1. The molecule has 1 heterocycles. The fourth-order valence-electron chi connectivity index (χ4n) is 3.92. The Kier molecular flexibility index (Phi) is 6.75. The molecule has 0 spiro atoms. The monoisotopic (exact) mass is 441 g/mol. The Balaban J connectivity index is 1.52. The highest BCUT2D eigenvalue weighted by atomic mass is 35.5. The molecule has 7 heteroatoms. The maximum atomic E-state index is 13.2. The van der Waals surface area contributed by atoms with Crippen LogP contribution in [-0.4, -0.2) is 21.2 Å². The zero-order valence-corrected chi connectivity index (χ0v) is 18.2. The molecule has 0 bridgehead atoms. The molecular weight excluding hydrogens is 418 g/mol. The standard InChI is InChI=1S/C23H24ClN3O2S/c24-17-8-6-7-16(13-17)14-25-21(28)15-30-23-26-20-12-5-4-11-19(20)22(29)27(23)18-9-2-1-3-10-18/h4-8,11-13,18H,1-3,9-10,14-15H2,(H,25,28). The average molecular weight is 442 g/mol. The number of nitrogens with zero attached hydrogens (tertiary/aromatic N) is 2. The molecule has 4 rings (SSSR count). The van der Waals surface area contributed by atoms with Crippen LogP contribution in [0.5, 0.6) is 0 Å².